The van der Waals surface area contributed by atoms with Gasteiger partial charge in [-0.1, -0.05) is 0 Å². The van der Waals surface area contributed by atoms with E-state index in [-0.39, 0.29) is 5.91 Å². The van der Waals surface area contributed by atoms with Gasteiger partial charge in [0.1, 0.15) is 0 Å². The van der Waals surface area contributed by atoms with Crippen molar-refractivity contribution in [1.82, 2.24) is 9.80 Å². The number of nitrogens with zero attached hydrogens (tertiary/aromatic N) is 3. The molecule has 2 rings (SSSR count). The Morgan fingerprint density at radius 3 is 2.81 bits per heavy atom. The van der Waals surface area contributed by atoms with Crippen LogP contribution in [0.15, 0.2) is 0 Å². The Labute approximate surface area is 96.8 Å². The molecule has 2 fully saturated rings. The van der Waals surface area contributed by atoms with Crippen molar-refractivity contribution in [2.24, 2.45) is 0 Å². The molecule has 1 saturated heterocycles. The van der Waals surface area contributed by atoms with E-state index < -0.39 is 0 Å². The number of likely N-dealkylation sites (tertiary alicyclic amines) is 1. The third kappa shape index (κ3) is 2.53. The molecular weight excluding hydrogens is 202 g/mol. The first-order chi connectivity index (χ1) is 7.72. The Kier molecular flexibility index (Phi) is 3.45. The standard InChI is InChI=1S/C12H19N3O/c1-10(16)15(11-4-5-11)9-12-3-2-7-14(12)8-6-13/h11-12H,2-5,7-9H2,1H3/t12-/m1/s1. The molecule has 0 bridgehead atoms. The summed E-state index contributed by atoms with van der Waals surface area (Å²) < 4.78 is 0. The average molecular weight is 221 g/mol. The fourth-order valence-electron chi connectivity index (χ4n) is 2.55. The molecule has 1 aliphatic carbocycles. The van der Waals surface area contributed by atoms with Crippen LogP contribution in [-0.2, 0) is 4.79 Å². The maximum atomic E-state index is 11.5. The number of carbonyl (C=O) groups is 1. The van der Waals surface area contributed by atoms with E-state index in [4.69, 9.17) is 5.26 Å². The molecule has 0 aromatic heterocycles. The van der Waals surface area contributed by atoms with E-state index in [2.05, 4.69) is 11.0 Å². The lowest BCUT2D eigenvalue weighted by Crippen LogP contribution is -2.43. The Morgan fingerprint density at radius 1 is 1.50 bits per heavy atom. The highest BCUT2D eigenvalue weighted by atomic mass is 16.2. The first kappa shape index (κ1) is 11.4. The molecule has 0 radical (unpaired) electrons. The molecule has 4 nitrogen and oxygen atoms in total. The summed E-state index contributed by atoms with van der Waals surface area (Å²) in [5.74, 6) is 0.186. The van der Waals surface area contributed by atoms with Crippen LogP contribution in [0.5, 0.6) is 0 Å². The molecule has 0 spiro atoms. The van der Waals surface area contributed by atoms with Crippen molar-refractivity contribution in [2.45, 2.75) is 44.7 Å². The first-order valence-electron chi connectivity index (χ1n) is 6.10. The van der Waals surface area contributed by atoms with Gasteiger partial charge in [0.15, 0.2) is 0 Å². The lowest BCUT2D eigenvalue weighted by Gasteiger charge is -2.29. The Balaban J connectivity index is 1.91. The van der Waals surface area contributed by atoms with Gasteiger partial charge >= 0.3 is 0 Å². The first-order valence-corrected chi connectivity index (χ1v) is 6.10. The Hall–Kier alpha value is -1.08. The van der Waals surface area contributed by atoms with Crippen molar-refractivity contribution in [3.05, 3.63) is 0 Å². The molecule has 0 N–H and O–H groups in total. The Morgan fingerprint density at radius 2 is 2.25 bits per heavy atom. The van der Waals surface area contributed by atoms with Gasteiger partial charge in [0, 0.05) is 25.6 Å². The highest BCUT2D eigenvalue weighted by molar-refractivity contribution is 5.74. The summed E-state index contributed by atoms with van der Waals surface area (Å²) in [4.78, 5) is 15.7. The molecule has 1 heterocycles. The van der Waals surface area contributed by atoms with Gasteiger partial charge in [-0.05, 0) is 32.2 Å². The quantitative estimate of drug-likeness (QED) is 0.665. The summed E-state index contributed by atoms with van der Waals surface area (Å²) in [6.45, 7) is 3.99. The fraction of sp³-hybridized carbons (Fsp3) is 0.833. The predicted octanol–water partition coefficient (Wildman–Crippen LogP) is 0.985. The van der Waals surface area contributed by atoms with Crippen LogP contribution in [0.3, 0.4) is 0 Å². The van der Waals surface area contributed by atoms with E-state index in [1.54, 1.807) is 6.92 Å². The van der Waals surface area contributed by atoms with Crippen molar-refractivity contribution >= 4 is 5.91 Å². The zero-order chi connectivity index (χ0) is 11.5. The summed E-state index contributed by atoms with van der Waals surface area (Å²) in [7, 11) is 0. The lowest BCUT2D eigenvalue weighted by molar-refractivity contribution is -0.130. The smallest absolute Gasteiger partial charge is 0.219 e. The van der Waals surface area contributed by atoms with E-state index in [0.717, 1.165) is 38.8 Å². The third-order valence-electron chi connectivity index (χ3n) is 3.57. The molecule has 0 aromatic rings. The van der Waals surface area contributed by atoms with Crippen LogP contribution in [0.4, 0.5) is 0 Å². The van der Waals surface area contributed by atoms with Crippen LogP contribution in [-0.4, -0.2) is 47.4 Å². The lowest BCUT2D eigenvalue weighted by atomic mass is 10.2. The molecule has 0 aromatic carbocycles. The number of rotatable bonds is 4. The van der Waals surface area contributed by atoms with E-state index in [0.29, 0.717) is 18.6 Å². The van der Waals surface area contributed by atoms with Crippen molar-refractivity contribution < 1.29 is 4.79 Å². The summed E-state index contributed by atoms with van der Waals surface area (Å²) in [5.41, 5.74) is 0. The zero-order valence-corrected chi connectivity index (χ0v) is 9.85. The van der Waals surface area contributed by atoms with Crippen LogP contribution in [0.2, 0.25) is 0 Å². The summed E-state index contributed by atoms with van der Waals surface area (Å²) in [6.07, 6.45) is 4.59. The highest BCUT2D eigenvalue weighted by Crippen LogP contribution is 2.29. The van der Waals surface area contributed by atoms with Crippen LogP contribution in [0.25, 0.3) is 0 Å². The maximum Gasteiger partial charge on any atom is 0.219 e. The molecule has 1 aliphatic heterocycles. The SMILES string of the molecule is CC(=O)N(C[C@H]1CCCN1CC#N)C1CC1. The van der Waals surface area contributed by atoms with E-state index >= 15 is 0 Å². The number of hydrogen-bond donors (Lipinski definition) is 0. The van der Waals surface area contributed by atoms with Gasteiger partial charge in [0.2, 0.25) is 5.91 Å². The van der Waals surface area contributed by atoms with Crippen LogP contribution < -0.4 is 0 Å². The van der Waals surface area contributed by atoms with E-state index in [9.17, 15) is 4.79 Å². The minimum Gasteiger partial charge on any atom is -0.338 e. The Bertz CT molecular complexity index is 306. The molecule has 0 unspecified atom stereocenters. The van der Waals surface area contributed by atoms with Gasteiger partial charge in [-0.25, -0.2) is 0 Å². The predicted molar refractivity (Wildman–Crippen MR) is 60.6 cm³/mol. The minimum absolute atomic E-state index is 0.186. The second kappa shape index (κ2) is 4.84. The minimum atomic E-state index is 0.186. The normalized spacial score (nSPS) is 25.4. The topological polar surface area (TPSA) is 47.3 Å². The zero-order valence-electron chi connectivity index (χ0n) is 9.85. The second-order valence-electron chi connectivity index (χ2n) is 4.83. The van der Waals surface area contributed by atoms with Gasteiger partial charge in [-0.2, -0.15) is 5.26 Å². The van der Waals surface area contributed by atoms with Gasteiger partial charge in [0.25, 0.3) is 0 Å². The van der Waals surface area contributed by atoms with Crippen molar-refractivity contribution in [2.75, 3.05) is 19.6 Å². The molecule has 1 atom stereocenters. The van der Waals surface area contributed by atoms with Gasteiger partial charge < -0.3 is 4.90 Å². The molecule has 4 heteroatoms. The summed E-state index contributed by atoms with van der Waals surface area (Å²) in [6, 6.07) is 3.10. The number of carbonyl (C=O) groups excluding carboxylic acids is 1. The second-order valence-corrected chi connectivity index (χ2v) is 4.83. The molecule has 88 valence electrons. The fourth-order valence-corrected chi connectivity index (χ4v) is 2.55. The monoisotopic (exact) mass is 221 g/mol. The number of nitriles is 1. The highest BCUT2D eigenvalue weighted by Gasteiger charge is 2.34. The molecule has 1 saturated carbocycles. The third-order valence-corrected chi connectivity index (χ3v) is 3.57. The van der Waals surface area contributed by atoms with Crippen LogP contribution in [0, 0.1) is 11.3 Å². The van der Waals surface area contributed by atoms with Crippen molar-refractivity contribution in [3.8, 4) is 6.07 Å². The molecule has 2 aliphatic rings. The van der Waals surface area contributed by atoms with Crippen molar-refractivity contribution in [1.29, 1.82) is 5.26 Å². The van der Waals surface area contributed by atoms with Gasteiger partial charge in [-0.3, -0.25) is 9.69 Å². The van der Waals surface area contributed by atoms with Gasteiger partial charge in [-0.15, -0.1) is 0 Å². The maximum absolute atomic E-state index is 11.5. The van der Waals surface area contributed by atoms with Crippen LogP contribution >= 0.6 is 0 Å². The largest absolute Gasteiger partial charge is 0.338 e. The van der Waals surface area contributed by atoms with Crippen molar-refractivity contribution in [3.63, 3.8) is 0 Å². The summed E-state index contributed by atoms with van der Waals surface area (Å²) >= 11 is 0. The average Bonchev–Trinajstić information content (AvgIpc) is 2.98. The molecule has 1 amide bonds. The van der Waals surface area contributed by atoms with Gasteiger partial charge in [0.05, 0.1) is 12.6 Å². The van der Waals surface area contributed by atoms with E-state index in [1.165, 1.54) is 0 Å². The van der Waals surface area contributed by atoms with Crippen LogP contribution in [0.1, 0.15) is 32.6 Å². The number of hydrogen-bond acceptors (Lipinski definition) is 3. The molecule has 16 heavy (non-hydrogen) atoms. The van der Waals surface area contributed by atoms with E-state index in [1.807, 2.05) is 4.90 Å². The molecular formula is C12H19N3O. The summed E-state index contributed by atoms with van der Waals surface area (Å²) in [5, 5.41) is 8.74. The number of amides is 1.